The van der Waals surface area contributed by atoms with Crippen LogP contribution in [0.2, 0.25) is 0 Å². The molecule has 3 aromatic rings. The molecule has 2 unspecified atom stereocenters. The molecule has 2 fully saturated rings. The Balaban J connectivity index is 0.000000393. The van der Waals surface area contributed by atoms with Gasteiger partial charge in [0, 0.05) is 42.0 Å². The van der Waals surface area contributed by atoms with E-state index in [1.54, 1.807) is 41.7 Å². The molecule has 0 bridgehead atoms. The summed E-state index contributed by atoms with van der Waals surface area (Å²) in [5.74, 6) is 0.0657. The van der Waals surface area contributed by atoms with Crippen LogP contribution >= 0.6 is 0 Å². The number of carboxylic acids is 1. The topological polar surface area (TPSA) is 135 Å². The first kappa shape index (κ1) is 20.6. The van der Waals surface area contributed by atoms with Gasteiger partial charge in [-0.2, -0.15) is 4.31 Å². The second kappa shape index (κ2) is 7.86. The number of carboxylic acid groups (broad SMARTS) is 1. The predicted molar refractivity (Wildman–Crippen MR) is 113 cm³/mol. The number of rotatable bonds is 3. The predicted octanol–water partition coefficient (Wildman–Crippen LogP) is 1.33. The molecule has 2 aromatic heterocycles. The van der Waals surface area contributed by atoms with E-state index < -0.39 is 16.0 Å². The summed E-state index contributed by atoms with van der Waals surface area (Å²) in [4.78, 5) is 27.4. The summed E-state index contributed by atoms with van der Waals surface area (Å²) in [6, 6.07) is 6.73. The van der Waals surface area contributed by atoms with Crippen molar-refractivity contribution in [3.8, 4) is 0 Å². The van der Waals surface area contributed by atoms with Crippen molar-refractivity contribution in [2.24, 2.45) is 11.8 Å². The molecule has 4 heterocycles. The molecule has 9 nitrogen and oxygen atoms in total. The number of sulfonamides is 1. The molecule has 30 heavy (non-hydrogen) atoms. The van der Waals surface area contributed by atoms with Crippen LogP contribution in [0.1, 0.15) is 13.3 Å². The van der Waals surface area contributed by atoms with Crippen LogP contribution in [0, 0.1) is 11.8 Å². The minimum Gasteiger partial charge on any atom is -0.481 e. The molecule has 10 heteroatoms. The van der Waals surface area contributed by atoms with Crippen LogP contribution in [0.25, 0.3) is 21.8 Å². The fraction of sp³-hybridized carbons (Fsp3) is 0.400. The third-order valence-electron chi connectivity index (χ3n) is 5.80. The molecule has 2 aliphatic rings. The van der Waals surface area contributed by atoms with Gasteiger partial charge < -0.3 is 20.4 Å². The number of hydrogen-bond acceptors (Lipinski definition) is 5. The van der Waals surface area contributed by atoms with Crippen molar-refractivity contribution in [1.29, 1.82) is 0 Å². The molecule has 0 spiro atoms. The number of aromatic amines is 2. The Hall–Kier alpha value is -2.69. The Bertz CT molecular complexity index is 1250. The van der Waals surface area contributed by atoms with E-state index in [1.165, 1.54) is 0 Å². The summed E-state index contributed by atoms with van der Waals surface area (Å²) in [5.41, 5.74) is 0.894. The van der Waals surface area contributed by atoms with Crippen LogP contribution in [0.15, 0.2) is 40.2 Å². The number of H-pyrrole nitrogens is 2. The molecular weight excluding hydrogens is 408 g/mol. The summed E-state index contributed by atoms with van der Waals surface area (Å²) in [6.07, 6.45) is 1.91. The van der Waals surface area contributed by atoms with Crippen molar-refractivity contribution in [3.05, 3.63) is 40.8 Å². The van der Waals surface area contributed by atoms with E-state index in [2.05, 4.69) is 15.3 Å². The van der Waals surface area contributed by atoms with Gasteiger partial charge >= 0.3 is 5.97 Å². The third-order valence-corrected chi connectivity index (χ3v) is 7.63. The Labute approximate surface area is 173 Å². The van der Waals surface area contributed by atoms with Crippen LogP contribution in [0.3, 0.4) is 0 Å². The molecule has 5 rings (SSSR count). The molecule has 0 radical (unpaired) electrons. The molecule has 4 N–H and O–H groups in total. The summed E-state index contributed by atoms with van der Waals surface area (Å²) in [5, 5.41) is 12.5. The lowest BCUT2D eigenvalue weighted by Gasteiger charge is -2.18. The van der Waals surface area contributed by atoms with Gasteiger partial charge in [0.1, 0.15) is 5.52 Å². The van der Waals surface area contributed by atoms with Gasteiger partial charge in [0.05, 0.1) is 4.90 Å². The van der Waals surface area contributed by atoms with Crippen LogP contribution < -0.4 is 10.9 Å². The zero-order chi connectivity index (χ0) is 21.5. The van der Waals surface area contributed by atoms with E-state index in [0.717, 1.165) is 23.9 Å². The molecule has 0 amide bonds. The fourth-order valence-corrected chi connectivity index (χ4v) is 5.72. The highest BCUT2D eigenvalue weighted by molar-refractivity contribution is 7.89. The average Bonchev–Trinajstić information content (AvgIpc) is 3.44. The van der Waals surface area contributed by atoms with Crippen LogP contribution in [-0.4, -0.2) is 59.9 Å². The monoisotopic (exact) mass is 432 g/mol. The minimum absolute atomic E-state index is 0.206. The van der Waals surface area contributed by atoms with Crippen molar-refractivity contribution in [3.63, 3.8) is 0 Å². The largest absolute Gasteiger partial charge is 0.481 e. The maximum absolute atomic E-state index is 13.1. The van der Waals surface area contributed by atoms with Crippen molar-refractivity contribution in [2.75, 3.05) is 26.2 Å². The number of benzene rings is 1. The van der Waals surface area contributed by atoms with E-state index in [9.17, 15) is 18.0 Å². The number of carbonyl (C=O) groups is 1. The fourth-order valence-electron chi connectivity index (χ4n) is 4.14. The van der Waals surface area contributed by atoms with Crippen molar-refractivity contribution < 1.29 is 18.3 Å². The van der Waals surface area contributed by atoms with E-state index in [4.69, 9.17) is 5.11 Å². The van der Waals surface area contributed by atoms with Gasteiger partial charge in [-0.15, -0.1) is 0 Å². The van der Waals surface area contributed by atoms with Crippen LogP contribution in [-0.2, 0) is 14.8 Å². The molecule has 2 saturated heterocycles. The van der Waals surface area contributed by atoms with E-state index >= 15 is 0 Å². The minimum atomic E-state index is -3.53. The summed E-state index contributed by atoms with van der Waals surface area (Å²) in [7, 11) is -3.53. The zero-order valence-corrected chi connectivity index (χ0v) is 17.3. The number of pyridine rings is 1. The lowest BCUT2D eigenvalue weighted by atomic mass is 10.0. The van der Waals surface area contributed by atoms with Crippen LogP contribution in [0.4, 0.5) is 0 Å². The van der Waals surface area contributed by atoms with E-state index in [0.29, 0.717) is 36.0 Å². The first-order chi connectivity index (χ1) is 14.3. The van der Waals surface area contributed by atoms with Gasteiger partial charge in [-0.05, 0) is 49.2 Å². The highest BCUT2D eigenvalue weighted by Gasteiger charge is 2.41. The molecule has 2 atom stereocenters. The normalized spacial score (nSPS) is 21.5. The standard InChI is InChI=1S/C17H18N4O3S.C3H6O2/c22-17-16-13(3-4-19-16)14-5-12(1-2-15(14)20-17)25(23,24)21-8-10-6-18-7-11(10)9-21;1-2-3(4)5/h1-5,10-11,18-19H,6-9H2,(H,20,22);2H2,1H3,(H,4,5). The summed E-state index contributed by atoms with van der Waals surface area (Å²) >= 11 is 0. The molecule has 1 aromatic carbocycles. The lowest BCUT2D eigenvalue weighted by Crippen LogP contribution is -2.31. The number of fused-ring (bicyclic) bond motifs is 4. The Morgan fingerprint density at radius 3 is 2.47 bits per heavy atom. The first-order valence-electron chi connectivity index (χ1n) is 9.87. The molecule has 2 aliphatic heterocycles. The second-order valence-electron chi connectivity index (χ2n) is 7.68. The average molecular weight is 433 g/mol. The summed E-state index contributed by atoms with van der Waals surface area (Å²) < 4.78 is 27.8. The van der Waals surface area contributed by atoms with Gasteiger partial charge in [-0.3, -0.25) is 9.59 Å². The van der Waals surface area contributed by atoms with Gasteiger partial charge in [-0.25, -0.2) is 8.42 Å². The summed E-state index contributed by atoms with van der Waals surface area (Å²) in [6.45, 7) is 4.52. The maximum Gasteiger partial charge on any atom is 0.303 e. The molecule has 0 aliphatic carbocycles. The number of hydrogen-bond donors (Lipinski definition) is 4. The number of nitrogens with zero attached hydrogens (tertiary/aromatic N) is 1. The maximum atomic E-state index is 13.1. The first-order valence-corrected chi connectivity index (χ1v) is 11.3. The molecule has 160 valence electrons. The van der Waals surface area contributed by atoms with E-state index in [-0.39, 0.29) is 16.9 Å². The van der Waals surface area contributed by atoms with Crippen LogP contribution in [0.5, 0.6) is 0 Å². The second-order valence-corrected chi connectivity index (χ2v) is 9.61. The van der Waals surface area contributed by atoms with Gasteiger partial charge in [-0.1, -0.05) is 6.92 Å². The van der Waals surface area contributed by atoms with Gasteiger partial charge in [0.25, 0.3) is 5.56 Å². The van der Waals surface area contributed by atoms with Crippen molar-refractivity contribution in [2.45, 2.75) is 18.2 Å². The Morgan fingerprint density at radius 1 is 1.17 bits per heavy atom. The van der Waals surface area contributed by atoms with E-state index in [1.807, 2.05) is 0 Å². The van der Waals surface area contributed by atoms with Gasteiger partial charge in [0.15, 0.2) is 0 Å². The van der Waals surface area contributed by atoms with Crippen molar-refractivity contribution >= 4 is 37.8 Å². The number of aliphatic carboxylic acids is 1. The van der Waals surface area contributed by atoms with Crippen molar-refractivity contribution in [1.82, 2.24) is 19.6 Å². The van der Waals surface area contributed by atoms with Gasteiger partial charge in [0.2, 0.25) is 10.0 Å². The number of nitrogens with one attached hydrogen (secondary N) is 3. The Morgan fingerprint density at radius 2 is 1.83 bits per heavy atom. The third kappa shape index (κ3) is 3.62. The molecule has 0 saturated carbocycles. The molecular formula is C20H24N4O5S. The zero-order valence-electron chi connectivity index (χ0n) is 16.5. The smallest absolute Gasteiger partial charge is 0.303 e. The SMILES string of the molecule is CCC(=O)O.O=c1[nH]c2ccc(S(=O)(=O)N3CC4CNCC4C3)cc2c2cc[nH]c12. The lowest BCUT2D eigenvalue weighted by molar-refractivity contribution is -0.136. The Kier molecular flexibility index (Phi) is 5.39. The quantitative estimate of drug-likeness (QED) is 0.493. The highest BCUT2D eigenvalue weighted by atomic mass is 32.2. The number of aromatic nitrogens is 2. The highest BCUT2D eigenvalue weighted by Crippen LogP contribution is 2.32.